The lowest BCUT2D eigenvalue weighted by atomic mass is 9.51. The van der Waals surface area contributed by atoms with Crippen LogP contribution in [0.3, 0.4) is 0 Å². The molecular formula is C19H28O2. The van der Waals surface area contributed by atoms with Gasteiger partial charge in [0.15, 0.2) is 0 Å². The molecule has 4 unspecified atom stereocenters. The van der Waals surface area contributed by atoms with Crippen molar-refractivity contribution in [1.82, 2.24) is 0 Å². The van der Waals surface area contributed by atoms with Crippen LogP contribution in [0.5, 0.6) is 0 Å². The lowest BCUT2D eigenvalue weighted by Crippen LogP contribution is -2.51. The Hall–Kier alpha value is -0.790. The summed E-state index contributed by atoms with van der Waals surface area (Å²) in [6.45, 7) is 7.95. The molecule has 2 heteroatoms. The standard InChI is InChI=1S/C19H28O2/c1-18(2)9-8-14-13-5-4-12-10-17(20)21-11-19(12,3)16(13)7-6-15(14)18/h12-13,16H,4-11H2,1-3H3. The van der Waals surface area contributed by atoms with Crippen LogP contribution in [0, 0.1) is 28.6 Å². The maximum atomic E-state index is 11.7. The monoisotopic (exact) mass is 288 g/mol. The number of hydrogen-bond acceptors (Lipinski definition) is 2. The van der Waals surface area contributed by atoms with Crippen molar-refractivity contribution in [3.63, 3.8) is 0 Å². The molecule has 21 heavy (non-hydrogen) atoms. The Balaban J connectivity index is 1.68. The summed E-state index contributed by atoms with van der Waals surface area (Å²) in [5.74, 6) is 2.13. The molecule has 0 aromatic heterocycles. The van der Waals surface area contributed by atoms with E-state index in [4.69, 9.17) is 4.74 Å². The molecule has 4 atom stereocenters. The number of hydrogen-bond donors (Lipinski definition) is 0. The van der Waals surface area contributed by atoms with Gasteiger partial charge in [-0.05, 0) is 61.7 Å². The fourth-order valence-electron chi connectivity index (χ4n) is 6.07. The summed E-state index contributed by atoms with van der Waals surface area (Å²) in [6, 6.07) is 0. The molecule has 1 saturated carbocycles. The maximum Gasteiger partial charge on any atom is 0.306 e. The van der Waals surface area contributed by atoms with Gasteiger partial charge in [-0.3, -0.25) is 4.79 Å². The van der Waals surface area contributed by atoms with E-state index in [1.807, 2.05) is 5.57 Å². The maximum absolute atomic E-state index is 11.7. The highest BCUT2D eigenvalue weighted by Gasteiger charge is 2.54. The molecule has 0 aromatic rings. The van der Waals surface area contributed by atoms with Gasteiger partial charge < -0.3 is 4.74 Å². The molecule has 4 rings (SSSR count). The summed E-state index contributed by atoms with van der Waals surface area (Å²) in [6.07, 6.45) is 8.48. The Morgan fingerprint density at radius 3 is 2.71 bits per heavy atom. The lowest BCUT2D eigenvalue weighted by Gasteiger charge is -2.55. The van der Waals surface area contributed by atoms with Gasteiger partial charge in [-0.1, -0.05) is 31.9 Å². The molecule has 1 heterocycles. The Labute approximate surface area is 128 Å². The summed E-state index contributed by atoms with van der Waals surface area (Å²) in [7, 11) is 0. The highest BCUT2D eigenvalue weighted by Crippen LogP contribution is 2.61. The first-order valence-corrected chi connectivity index (χ1v) is 8.80. The van der Waals surface area contributed by atoms with Crippen LogP contribution < -0.4 is 0 Å². The molecule has 116 valence electrons. The summed E-state index contributed by atoms with van der Waals surface area (Å²) in [4.78, 5) is 11.7. The van der Waals surface area contributed by atoms with Crippen molar-refractivity contribution in [2.24, 2.45) is 28.6 Å². The van der Waals surface area contributed by atoms with Crippen LogP contribution in [0.15, 0.2) is 11.1 Å². The van der Waals surface area contributed by atoms with Crippen LogP contribution in [0.2, 0.25) is 0 Å². The SMILES string of the molecule is CC1(C)CCC2=C1CCC1C2CCC2CC(=O)OCC21C. The second-order valence-corrected chi connectivity index (χ2v) is 8.78. The van der Waals surface area contributed by atoms with Gasteiger partial charge in [0.05, 0.1) is 6.61 Å². The Bertz CT molecular complexity index is 516. The number of carbonyl (C=O) groups is 1. The number of esters is 1. The van der Waals surface area contributed by atoms with Crippen LogP contribution in [0.4, 0.5) is 0 Å². The number of rotatable bonds is 0. The molecule has 0 bridgehead atoms. The van der Waals surface area contributed by atoms with Crippen molar-refractivity contribution in [3.05, 3.63) is 11.1 Å². The number of cyclic esters (lactones) is 1. The molecule has 0 spiro atoms. The van der Waals surface area contributed by atoms with Crippen molar-refractivity contribution < 1.29 is 9.53 Å². The molecule has 0 amide bonds. The van der Waals surface area contributed by atoms with Crippen LogP contribution in [0.25, 0.3) is 0 Å². The third-order valence-corrected chi connectivity index (χ3v) is 7.43. The van der Waals surface area contributed by atoms with Gasteiger partial charge in [0, 0.05) is 11.8 Å². The quantitative estimate of drug-likeness (QED) is 0.485. The van der Waals surface area contributed by atoms with Crippen molar-refractivity contribution in [1.29, 1.82) is 0 Å². The predicted octanol–water partition coefficient (Wildman–Crippen LogP) is 4.49. The Kier molecular flexibility index (Phi) is 2.88. The van der Waals surface area contributed by atoms with E-state index in [1.54, 1.807) is 5.57 Å². The molecule has 1 aliphatic heterocycles. The van der Waals surface area contributed by atoms with Crippen molar-refractivity contribution in [2.45, 2.75) is 65.7 Å². The number of allylic oxidation sites excluding steroid dienone is 2. The third-order valence-electron chi connectivity index (χ3n) is 7.43. The number of fused-ring (bicyclic) bond motifs is 4. The third kappa shape index (κ3) is 1.87. The Morgan fingerprint density at radius 1 is 1.10 bits per heavy atom. The highest BCUT2D eigenvalue weighted by atomic mass is 16.5. The van der Waals surface area contributed by atoms with Gasteiger partial charge in [0.25, 0.3) is 0 Å². The topological polar surface area (TPSA) is 26.3 Å². The average Bonchev–Trinajstić information content (AvgIpc) is 2.76. The van der Waals surface area contributed by atoms with Crippen LogP contribution in [-0.2, 0) is 9.53 Å². The predicted molar refractivity (Wildman–Crippen MR) is 82.7 cm³/mol. The van der Waals surface area contributed by atoms with Crippen LogP contribution >= 0.6 is 0 Å². The van der Waals surface area contributed by atoms with Gasteiger partial charge in [0.2, 0.25) is 0 Å². The molecule has 2 fully saturated rings. The Morgan fingerprint density at radius 2 is 1.90 bits per heavy atom. The zero-order valence-electron chi connectivity index (χ0n) is 13.7. The van der Waals surface area contributed by atoms with E-state index < -0.39 is 0 Å². The van der Waals surface area contributed by atoms with Crippen molar-refractivity contribution >= 4 is 5.97 Å². The molecular weight excluding hydrogens is 260 g/mol. The minimum atomic E-state index is 0.0358. The zero-order chi connectivity index (χ0) is 14.8. The molecule has 3 aliphatic carbocycles. The lowest BCUT2D eigenvalue weighted by molar-refractivity contribution is -0.170. The van der Waals surface area contributed by atoms with E-state index in [9.17, 15) is 4.79 Å². The first kappa shape index (κ1) is 13.8. The van der Waals surface area contributed by atoms with E-state index in [0.717, 1.165) is 11.8 Å². The normalized spacial score (nSPS) is 44.7. The van der Waals surface area contributed by atoms with Gasteiger partial charge in [0.1, 0.15) is 0 Å². The van der Waals surface area contributed by atoms with E-state index in [2.05, 4.69) is 20.8 Å². The van der Waals surface area contributed by atoms with E-state index in [1.165, 1.54) is 38.5 Å². The average molecular weight is 288 g/mol. The summed E-state index contributed by atoms with van der Waals surface area (Å²) < 4.78 is 5.50. The molecule has 0 aromatic carbocycles. The van der Waals surface area contributed by atoms with E-state index in [-0.39, 0.29) is 11.4 Å². The zero-order valence-corrected chi connectivity index (χ0v) is 13.7. The molecule has 1 saturated heterocycles. The minimum absolute atomic E-state index is 0.0358. The fraction of sp³-hybridized carbons (Fsp3) is 0.842. The van der Waals surface area contributed by atoms with Crippen molar-refractivity contribution in [3.8, 4) is 0 Å². The fourth-order valence-corrected chi connectivity index (χ4v) is 6.07. The number of carbonyl (C=O) groups excluding carboxylic acids is 1. The molecule has 2 nitrogen and oxygen atoms in total. The smallest absolute Gasteiger partial charge is 0.306 e. The van der Waals surface area contributed by atoms with Gasteiger partial charge in [-0.2, -0.15) is 0 Å². The van der Waals surface area contributed by atoms with E-state index in [0.29, 0.717) is 24.4 Å². The first-order chi connectivity index (χ1) is 9.92. The summed E-state index contributed by atoms with van der Waals surface area (Å²) in [5, 5.41) is 0. The minimum Gasteiger partial charge on any atom is -0.465 e. The molecule has 0 radical (unpaired) electrons. The van der Waals surface area contributed by atoms with Crippen LogP contribution in [-0.4, -0.2) is 12.6 Å². The van der Waals surface area contributed by atoms with Gasteiger partial charge in [-0.25, -0.2) is 0 Å². The second kappa shape index (κ2) is 4.36. The van der Waals surface area contributed by atoms with E-state index >= 15 is 0 Å². The van der Waals surface area contributed by atoms with Gasteiger partial charge >= 0.3 is 5.97 Å². The highest BCUT2D eigenvalue weighted by molar-refractivity contribution is 5.70. The van der Waals surface area contributed by atoms with Crippen molar-refractivity contribution in [2.75, 3.05) is 6.61 Å². The summed E-state index contributed by atoms with van der Waals surface area (Å²) in [5.41, 5.74) is 4.28. The largest absolute Gasteiger partial charge is 0.465 e. The number of ether oxygens (including phenoxy) is 1. The second-order valence-electron chi connectivity index (χ2n) is 8.78. The summed E-state index contributed by atoms with van der Waals surface area (Å²) >= 11 is 0. The van der Waals surface area contributed by atoms with Crippen LogP contribution in [0.1, 0.15) is 65.7 Å². The van der Waals surface area contributed by atoms with Gasteiger partial charge in [-0.15, -0.1) is 0 Å². The first-order valence-electron chi connectivity index (χ1n) is 8.80. The molecule has 0 N–H and O–H groups in total. The molecule has 4 aliphatic rings.